The molecule has 0 atom stereocenters. The molecule has 0 aromatic carbocycles. The Morgan fingerprint density at radius 3 is 2.56 bits per heavy atom. The van der Waals surface area contributed by atoms with Crippen LogP contribution in [0.4, 0.5) is 0 Å². The third-order valence-electron chi connectivity index (χ3n) is 2.17. The molecule has 16 heavy (non-hydrogen) atoms. The Bertz CT molecular complexity index is 372. The predicted octanol–water partition coefficient (Wildman–Crippen LogP) is 2.80. The van der Waals surface area contributed by atoms with Gasteiger partial charge in [-0.15, -0.1) is 0 Å². The number of nitrogens with zero attached hydrogens (tertiary/aromatic N) is 2. The van der Waals surface area contributed by atoms with E-state index in [4.69, 9.17) is 5.11 Å². The molecule has 0 saturated heterocycles. The van der Waals surface area contributed by atoms with E-state index in [1.165, 1.54) is 6.20 Å². The summed E-state index contributed by atoms with van der Waals surface area (Å²) in [4.78, 5) is 11.0. The van der Waals surface area contributed by atoms with Crippen molar-refractivity contribution in [2.24, 2.45) is 0 Å². The van der Waals surface area contributed by atoms with Crippen molar-refractivity contribution in [3.63, 3.8) is 0 Å². The summed E-state index contributed by atoms with van der Waals surface area (Å²) in [5.74, 6) is -0.205. The van der Waals surface area contributed by atoms with E-state index in [2.05, 4.69) is 18.9 Å². The molecule has 0 aliphatic carbocycles. The number of carbonyl (C=O) groups is 1. The second-order valence-corrected chi connectivity index (χ2v) is 5.77. The summed E-state index contributed by atoms with van der Waals surface area (Å²) in [6.07, 6.45) is 1.44. The smallest absolute Gasteiger partial charge is 0.339 e. The maximum atomic E-state index is 11.0. The van der Waals surface area contributed by atoms with Gasteiger partial charge in [-0.1, -0.05) is 13.8 Å². The monoisotopic (exact) mass is 242 g/mol. The number of aromatic carboxylic acids is 1. The van der Waals surface area contributed by atoms with E-state index in [0.717, 1.165) is 5.69 Å². The van der Waals surface area contributed by atoms with E-state index in [1.54, 1.807) is 16.4 Å². The van der Waals surface area contributed by atoms with E-state index in [9.17, 15) is 4.79 Å². The maximum absolute atomic E-state index is 11.0. The zero-order chi connectivity index (χ0) is 12.3. The Morgan fingerprint density at radius 1 is 1.50 bits per heavy atom. The normalized spacial score (nSPS) is 11.4. The molecule has 1 aromatic rings. The highest BCUT2D eigenvalue weighted by molar-refractivity contribution is 7.99. The molecule has 0 fully saturated rings. The Morgan fingerprint density at radius 2 is 2.12 bits per heavy atom. The number of rotatable bonds is 5. The van der Waals surface area contributed by atoms with Crippen molar-refractivity contribution in [1.29, 1.82) is 0 Å². The molecule has 0 bridgehead atoms. The molecular weight excluding hydrogens is 224 g/mol. The molecule has 1 rings (SSSR count). The second kappa shape index (κ2) is 5.39. The third kappa shape index (κ3) is 3.01. The molecule has 4 nitrogen and oxygen atoms in total. The van der Waals surface area contributed by atoms with Gasteiger partial charge in [-0.05, 0) is 19.1 Å². The summed E-state index contributed by atoms with van der Waals surface area (Å²) < 4.78 is 1.79. The van der Waals surface area contributed by atoms with Crippen LogP contribution in [-0.4, -0.2) is 26.1 Å². The van der Waals surface area contributed by atoms with Gasteiger partial charge >= 0.3 is 5.97 Å². The number of aromatic nitrogens is 2. The SMILES string of the molecule is CC(C)SCc1c(C(=O)O)cnn1C(C)C. The van der Waals surface area contributed by atoms with E-state index < -0.39 is 5.97 Å². The number of carboxylic acid groups (broad SMARTS) is 1. The number of carboxylic acids is 1. The van der Waals surface area contributed by atoms with Crippen LogP contribution in [-0.2, 0) is 5.75 Å². The highest BCUT2D eigenvalue weighted by atomic mass is 32.2. The first kappa shape index (κ1) is 13.1. The van der Waals surface area contributed by atoms with Crippen LogP contribution in [0, 0.1) is 0 Å². The first-order chi connectivity index (χ1) is 7.43. The fourth-order valence-electron chi connectivity index (χ4n) is 1.40. The molecule has 0 saturated carbocycles. The molecule has 0 amide bonds. The molecule has 0 aliphatic rings. The van der Waals surface area contributed by atoms with Gasteiger partial charge in [0.1, 0.15) is 5.56 Å². The average molecular weight is 242 g/mol. The molecule has 1 heterocycles. The van der Waals surface area contributed by atoms with Crippen molar-refractivity contribution in [1.82, 2.24) is 9.78 Å². The number of thioether (sulfide) groups is 1. The number of hydrogen-bond acceptors (Lipinski definition) is 3. The maximum Gasteiger partial charge on any atom is 0.339 e. The highest BCUT2D eigenvalue weighted by Gasteiger charge is 2.18. The van der Waals surface area contributed by atoms with Gasteiger partial charge in [-0.3, -0.25) is 4.68 Å². The van der Waals surface area contributed by atoms with E-state index >= 15 is 0 Å². The Labute approximate surface area is 100 Å². The lowest BCUT2D eigenvalue weighted by Gasteiger charge is -2.12. The van der Waals surface area contributed by atoms with Gasteiger partial charge in [0, 0.05) is 11.8 Å². The van der Waals surface area contributed by atoms with Gasteiger partial charge in [0.15, 0.2) is 0 Å². The zero-order valence-electron chi connectivity index (χ0n) is 10.1. The van der Waals surface area contributed by atoms with E-state index in [-0.39, 0.29) is 6.04 Å². The van der Waals surface area contributed by atoms with Crippen molar-refractivity contribution < 1.29 is 9.90 Å². The fraction of sp³-hybridized carbons (Fsp3) is 0.636. The molecule has 0 spiro atoms. The largest absolute Gasteiger partial charge is 0.478 e. The van der Waals surface area contributed by atoms with Crippen LogP contribution in [0.1, 0.15) is 49.8 Å². The van der Waals surface area contributed by atoms with Gasteiger partial charge < -0.3 is 5.11 Å². The molecule has 0 radical (unpaired) electrons. The summed E-state index contributed by atoms with van der Waals surface area (Å²) >= 11 is 1.73. The van der Waals surface area contributed by atoms with Crippen LogP contribution < -0.4 is 0 Å². The molecule has 1 aromatic heterocycles. The highest BCUT2D eigenvalue weighted by Crippen LogP contribution is 2.22. The Balaban J connectivity index is 2.99. The minimum atomic E-state index is -0.897. The minimum absolute atomic E-state index is 0.191. The van der Waals surface area contributed by atoms with Crippen LogP contribution in [0.2, 0.25) is 0 Å². The van der Waals surface area contributed by atoms with E-state index in [0.29, 0.717) is 16.6 Å². The van der Waals surface area contributed by atoms with Crippen LogP contribution in [0.3, 0.4) is 0 Å². The summed E-state index contributed by atoms with van der Waals surface area (Å²) in [7, 11) is 0. The lowest BCUT2D eigenvalue weighted by molar-refractivity contribution is 0.0696. The first-order valence-corrected chi connectivity index (χ1v) is 6.39. The summed E-state index contributed by atoms with van der Waals surface area (Å²) in [5, 5.41) is 13.7. The Hall–Kier alpha value is -0.970. The summed E-state index contributed by atoms with van der Waals surface area (Å²) in [5.41, 5.74) is 1.13. The van der Waals surface area contributed by atoms with E-state index in [1.807, 2.05) is 13.8 Å². The summed E-state index contributed by atoms with van der Waals surface area (Å²) in [6, 6.07) is 0.191. The zero-order valence-corrected chi connectivity index (χ0v) is 10.9. The third-order valence-corrected chi connectivity index (χ3v) is 3.28. The number of hydrogen-bond donors (Lipinski definition) is 1. The van der Waals surface area contributed by atoms with Gasteiger partial charge in [-0.2, -0.15) is 16.9 Å². The topological polar surface area (TPSA) is 55.1 Å². The molecule has 1 N–H and O–H groups in total. The fourth-order valence-corrected chi connectivity index (χ4v) is 2.18. The van der Waals surface area contributed by atoms with Crippen LogP contribution in [0.5, 0.6) is 0 Å². The van der Waals surface area contributed by atoms with Crippen LogP contribution >= 0.6 is 11.8 Å². The van der Waals surface area contributed by atoms with Crippen molar-refractivity contribution in [2.75, 3.05) is 0 Å². The standard InChI is InChI=1S/C11H18N2O2S/c1-7(2)13-10(6-16-8(3)4)9(5-12-13)11(14)15/h5,7-8H,6H2,1-4H3,(H,14,15). The molecule has 90 valence electrons. The predicted molar refractivity (Wildman–Crippen MR) is 66.0 cm³/mol. The van der Waals surface area contributed by atoms with Crippen molar-refractivity contribution in [3.8, 4) is 0 Å². The molecule has 0 unspecified atom stereocenters. The van der Waals surface area contributed by atoms with Crippen molar-refractivity contribution >= 4 is 17.7 Å². The van der Waals surface area contributed by atoms with Crippen molar-refractivity contribution in [2.45, 2.75) is 44.7 Å². The van der Waals surface area contributed by atoms with Crippen LogP contribution in [0.25, 0.3) is 0 Å². The minimum Gasteiger partial charge on any atom is -0.478 e. The average Bonchev–Trinajstić information content (AvgIpc) is 2.57. The van der Waals surface area contributed by atoms with Crippen molar-refractivity contribution in [3.05, 3.63) is 17.5 Å². The van der Waals surface area contributed by atoms with Gasteiger partial charge in [-0.25, -0.2) is 4.79 Å². The molecule has 0 aliphatic heterocycles. The first-order valence-electron chi connectivity index (χ1n) is 5.34. The van der Waals surface area contributed by atoms with Gasteiger partial charge in [0.2, 0.25) is 0 Å². The quantitative estimate of drug-likeness (QED) is 0.862. The Kier molecular flexibility index (Phi) is 4.41. The lowest BCUT2D eigenvalue weighted by Crippen LogP contribution is -2.10. The lowest BCUT2D eigenvalue weighted by atomic mass is 10.2. The van der Waals surface area contributed by atoms with Gasteiger partial charge in [0.05, 0.1) is 11.9 Å². The van der Waals surface area contributed by atoms with Gasteiger partial charge in [0.25, 0.3) is 0 Å². The van der Waals surface area contributed by atoms with Crippen LogP contribution in [0.15, 0.2) is 6.20 Å². The molecular formula is C11H18N2O2S. The molecule has 5 heteroatoms. The second-order valence-electron chi connectivity index (χ2n) is 4.21. The summed E-state index contributed by atoms with van der Waals surface area (Å²) in [6.45, 7) is 8.20.